The fourth-order valence-corrected chi connectivity index (χ4v) is 4.68. The first kappa shape index (κ1) is 15.9. The standard InChI is InChI=1S/C17H15Cl2N3OS/c1-21-13(9-10(18)15(21)19)17(23)22-8-4-6-12(22)16-20-11-5-2-3-7-14(11)24-16/h2-3,5,7,9,12H,4,6,8H2,1H3. The zero-order chi connectivity index (χ0) is 16.8. The highest BCUT2D eigenvalue weighted by Crippen LogP contribution is 2.38. The lowest BCUT2D eigenvalue weighted by molar-refractivity contribution is 0.0726. The van der Waals surface area contributed by atoms with E-state index in [2.05, 4.69) is 6.07 Å². The first-order chi connectivity index (χ1) is 11.6. The Kier molecular flexibility index (Phi) is 4.03. The second kappa shape index (κ2) is 6.06. The highest BCUT2D eigenvalue weighted by molar-refractivity contribution is 7.18. The van der Waals surface area contributed by atoms with Crippen molar-refractivity contribution in [1.82, 2.24) is 14.5 Å². The molecule has 7 heteroatoms. The molecule has 0 aliphatic carbocycles. The third-order valence-corrected chi connectivity index (χ3v) is 6.42. The number of fused-ring (bicyclic) bond motifs is 1. The van der Waals surface area contributed by atoms with Crippen molar-refractivity contribution >= 4 is 50.7 Å². The number of likely N-dealkylation sites (tertiary alicyclic amines) is 1. The maximum atomic E-state index is 13.0. The Labute approximate surface area is 153 Å². The number of rotatable bonds is 2. The van der Waals surface area contributed by atoms with Gasteiger partial charge in [0.15, 0.2) is 0 Å². The average Bonchev–Trinajstić information content (AvgIpc) is 3.27. The van der Waals surface area contributed by atoms with Crippen LogP contribution in [0.1, 0.15) is 34.4 Å². The molecule has 3 aromatic rings. The van der Waals surface area contributed by atoms with Gasteiger partial charge >= 0.3 is 0 Å². The van der Waals surface area contributed by atoms with Gasteiger partial charge in [0.05, 0.1) is 21.3 Å². The predicted octanol–water partition coefficient (Wildman–Crippen LogP) is 4.92. The molecule has 1 amide bonds. The topological polar surface area (TPSA) is 38.1 Å². The van der Waals surface area contributed by atoms with Gasteiger partial charge < -0.3 is 9.47 Å². The molecule has 1 aliphatic heterocycles. The molecule has 1 fully saturated rings. The Morgan fingerprint density at radius 2 is 2.12 bits per heavy atom. The fraction of sp³-hybridized carbons (Fsp3) is 0.294. The van der Waals surface area contributed by atoms with Crippen LogP contribution in [0.25, 0.3) is 10.2 Å². The summed E-state index contributed by atoms with van der Waals surface area (Å²) in [6.07, 6.45) is 1.90. The van der Waals surface area contributed by atoms with E-state index >= 15 is 0 Å². The highest BCUT2D eigenvalue weighted by atomic mass is 35.5. The maximum Gasteiger partial charge on any atom is 0.271 e. The summed E-state index contributed by atoms with van der Waals surface area (Å²) in [5.41, 5.74) is 1.50. The number of nitrogens with zero attached hydrogens (tertiary/aromatic N) is 3. The number of thiazole rings is 1. The lowest BCUT2D eigenvalue weighted by Crippen LogP contribution is -2.31. The molecule has 3 heterocycles. The smallest absolute Gasteiger partial charge is 0.271 e. The second-order valence-electron chi connectivity index (χ2n) is 5.90. The van der Waals surface area contributed by atoms with E-state index in [0.717, 1.165) is 34.6 Å². The van der Waals surface area contributed by atoms with Crippen molar-refractivity contribution in [2.75, 3.05) is 6.54 Å². The van der Waals surface area contributed by atoms with Crippen LogP contribution in [-0.4, -0.2) is 26.9 Å². The lowest BCUT2D eigenvalue weighted by atomic mass is 10.2. The summed E-state index contributed by atoms with van der Waals surface area (Å²) in [4.78, 5) is 19.6. The number of aromatic nitrogens is 2. The third kappa shape index (κ3) is 2.51. The summed E-state index contributed by atoms with van der Waals surface area (Å²) in [6, 6.07) is 9.72. The Hall–Kier alpha value is -1.56. The first-order valence-electron chi connectivity index (χ1n) is 7.73. The molecule has 0 N–H and O–H groups in total. The van der Waals surface area contributed by atoms with Crippen molar-refractivity contribution in [1.29, 1.82) is 0 Å². The summed E-state index contributed by atoms with van der Waals surface area (Å²) in [6.45, 7) is 0.722. The molecule has 0 spiro atoms. The van der Waals surface area contributed by atoms with Gasteiger partial charge in [0.2, 0.25) is 0 Å². The molecule has 0 saturated carbocycles. The fourth-order valence-electron chi connectivity index (χ4n) is 3.19. The van der Waals surface area contributed by atoms with Crippen molar-refractivity contribution in [3.8, 4) is 0 Å². The molecular formula is C17H15Cl2N3OS. The van der Waals surface area contributed by atoms with E-state index in [4.69, 9.17) is 28.2 Å². The zero-order valence-corrected chi connectivity index (χ0v) is 15.3. The molecule has 1 unspecified atom stereocenters. The molecule has 4 nitrogen and oxygen atoms in total. The Balaban J connectivity index is 1.69. The first-order valence-corrected chi connectivity index (χ1v) is 9.30. The van der Waals surface area contributed by atoms with E-state index in [0.29, 0.717) is 15.9 Å². The number of hydrogen-bond acceptors (Lipinski definition) is 3. The molecule has 24 heavy (non-hydrogen) atoms. The monoisotopic (exact) mass is 379 g/mol. The molecule has 1 saturated heterocycles. The van der Waals surface area contributed by atoms with Crippen molar-refractivity contribution in [3.05, 3.63) is 51.2 Å². The van der Waals surface area contributed by atoms with Crippen molar-refractivity contribution in [2.24, 2.45) is 7.05 Å². The van der Waals surface area contributed by atoms with Crippen LogP contribution in [0.2, 0.25) is 10.2 Å². The number of carbonyl (C=O) groups is 1. The van der Waals surface area contributed by atoms with E-state index in [1.165, 1.54) is 0 Å². The SMILES string of the molecule is Cn1c(C(=O)N2CCCC2c2nc3ccccc3s2)cc(Cl)c1Cl. The summed E-state index contributed by atoms with van der Waals surface area (Å²) < 4.78 is 2.79. The summed E-state index contributed by atoms with van der Waals surface area (Å²) in [5.74, 6) is -0.0481. The summed E-state index contributed by atoms with van der Waals surface area (Å²) in [7, 11) is 1.75. The number of para-hydroxylation sites is 1. The number of hydrogen-bond donors (Lipinski definition) is 0. The molecule has 124 valence electrons. The van der Waals surface area contributed by atoms with Crippen molar-refractivity contribution in [3.63, 3.8) is 0 Å². The average molecular weight is 380 g/mol. The zero-order valence-electron chi connectivity index (χ0n) is 13.0. The van der Waals surface area contributed by atoms with E-state index in [1.807, 2.05) is 23.1 Å². The molecule has 2 aromatic heterocycles. The van der Waals surface area contributed by atoms with Crippen LogP contribution in [0.15, 0.2) is 30.3 Å². The molecule has 1 aliphatic rings. The normalized spacial score (nSPS) is 17.8. The quantitative estimate of drug-likeness (QED) is 0.633. The van der Waals surface area contributed by atoms with Crippen LogP contribution in [0, 0.1) is 0 Å². The Bertz CT molecular complexity index is 900. The van der Waals surface area contributed by atoms with Crippen LogP contribution in [0.4, 0.5) is 0 Å². The molecule has 1 atom stereocenters. The minimum Gasteiger partial charge on any atom is -0.329 e. The molecule has 1 aromatic carbocycles. The number of benzene rings is 1. The summed E-state index contributed by atoms with van der Waals surface area (Å²) in [5, 5.41) is 1.78. The van der Waals surface area contributed by atoms with Gasteiger partial charge in [-0.15, -0.1) is 11.3 Å². The van der Waals surface area contributed by atoms with Gasteiger partial charge in [-0.05, 0) is 31.0 Å². The van der Waals surface area contributed by atoms with Gasteiger partial charge in [-0.3, -0.25) is 4.79 Å². The van der Waals surface area contributed by atoms with Crippen LogP contribution >= 0.6 is 34.5 Å². The highest BCUT2D eigenvalue weighted by Gasteiger charge is 2.34. The second-order valence-corrected chi connectivity index (χ2v) is 7.73. The van der Waals surface area contributed by atoms with Crippen molar-refractivity contribution in [2.45, 2.75) is 18.9 Å². The maximum absolute atomic E-state index is 13.0. The Morgan fingerprint density at radius 3 is 2.83 bits per heavy atom. The van der Waals surface area contributed by atoms with E-state index in [-0.39, 0.29) is 11.9 Å². The van der Waals surface area contributed by atoms with Gasteiger partial charge in [0.1, 0.15) is 15.9 Å². The van der Waals surface area contributed by atoms with Crippen LogP contribution in [0.5, 0.6) is 0 Å². The molecule has 0 radical (unpaired) electrons. The van der Waals surface area contributed by atoms with Gasteiger partial charge in [-0.1, -0.05) is 35.3 Å². The number of amides is 1. The number of halogens is 2. The van der Waals surface area contributed by atoms with E-state index in [9.17, 15) is 4.79 Å². The van der Waals surface area contributed by atoms with Crippen LogP contribution in [0.3, 0.4) is 0 Å². The minimum atomic E-state index is -0.0481. The van der Waals surface area contributed by atoms with E-state index in [1.54, 1.807) is 29.0 Å². The van der Waals surface area contributed by atoms with E-state index < -0.39 is 0 Å². The Morgan fingerprint density at radius 1 is 1.33 bits per heavy atom. The minimum absolute atomic E-state index is 0.0161. The van der Waals surface area contributed by atoms with Gasteiger partial charge in [-0.25, -0.2) is 4.98 Å². The van der Waals surface area contributed by atoms with Gasteiger partial charge in [-0.2, -0.15) is 0 Å². The van der Waals surface area contributed by atoms with Crippen LogP contribution < -0.4 is 0 Å². The van der Waals surface area contributed by atoms with Gasteiger partial charge in [0.25, 0.3) is 5.91 Å². The largest absolute Gasteiger partial charge is 0.329 e. The van der Waals surface area contributed by atoms with Crippen molar-refractivity contribution < 1.29 is 4.79 Å². The third-order valence-electron chi connectivity index (χ3n) is 4.44. The molecule has 4 rings (SSSR count). The lowest BCUT2D eigenvalue weighted by Gasteiger charge is -2.23. The summed E-state index contributed by atoms with van der Waals surface area (Å²) >= 11 is 13.8. The predicted molar refractivity (Wildman–Crippen MR) is 98.1 cm³/mol. The molecule has 0 bridgehead atoms. The van der Waals surface area contributed by atoms with Crippen LogP contribution in [-0.2, 0) is 7.05 Å². The van der Waals surface area contributed by atoms with Gasteiger partial charge in [0, 0.05) is 13.6 Å². The number of carbonyl (C=O) groups excluding carboxylic acids is 1. The molecular weight excluding hydrogens is 365 g/mol.